The molecule has 0 amide bonds. The highest BCUT2D eigenvalue weighted by atomic mass is 16.5. The quantitative estimate of drug-likeness (QED) is 0.722. The zero-order valence-electron chi connectivity index (χ0n) is 13.4. The summed E-state index contributed by atoms with van der Waals surface area (Å²) in [5, 5.41) is 0. The first kappa shape index (κ1) is 16.0. The second-order valence-electron chi connectivity index (χ2n) is 5.74. The molecule has 0 aliphatic carbocycles. The summed E-state index contributed by atoms with van der Waals surface area (Å²) in [5.41, 5.74) is 0. The molecule has 1 unspecified atom stereocenters. The molecule has 0 radical (unpaired) electrons. The molecule has 118 valence electrons. The van der Waals surface area contributed by atoms with Gasteiger partial charge in [0.05, 0.1) is 20.8 Å². The van der Waals surface area contributed by atoms with Gasteiger partial charge < -0.3 is 19.1 Å². The highest BCUT2D eigenvalue weighted by Gasteiger charge is 2.16. The Morgan fingerprint density at radius 2 is 1.90 bits per heavy atom. The van der Waals surface area contributed by atoms with Gasteiger partial charge in [-0.05, 0) is 43.9 Å². The van der Waals surface area contributed by atoms with E-state index in [0.717, 1.165) is 30.4 Å². The number of piperidine rings is 1. The van der Waals surface area contributed by atoms with Crippen molar-refractivity contribution in [2.24, 2.45) is 5.92 Å². The molecule has 1 atom stereocenters. The average molecular weight is 293 g/mol. The molecule has 4 nitrogen and oxygen atoms in total. The lowest BCUT2D eigenvalue weighted by molar-refractivity contribution is 0.168. The standard InChI is InChI=1S/C17H27NO3/c1-14-7-5-10-18(13-14)11-6-12-21-17-15(19-2)8-4-9-16(17)20-3/h4,8-9,14H,5-7,10-13H2,1-3H3. The van der Waals surface area contributed by atoms with Crippen molar-refractivity contribution in [2.45, 2.75) is 26.2 Å². The summed E-state index contributed by atoms with van der Waals surface area (Å²) >= 11 is 0. The minimum absolute atomic E-state index is 0.682. The summed E-state index contributed by atoms with van der Waals surface area (Å²) < 4.78 is 16.6. The Kier molecular flexibility index (Phi) is 6.18. The third kappa shape index (κ3) is 4.53. The van der Waals surface area contributed by atoms with Gasteiger partial charge in [-0.15, -0.1) is 0 Å². The number of ether oxygens (including phenoxy) is 3. The molecule has 1 saturated heterocycles. The fourth-order valence-corrected chi connectivity index (χ4v) is 2.91. The van der Waals surface area contributed by atoms with Crippen molar-refractivity contribution in [1.29, 1.82) is 0 Å². The van der Waals surface area contributed by atoms with E-state index in [0.29, 0.717) is 12.4 Å². The number of hydrogen-bond acceptors (Lipinski definition) is 4. The summed E-state index contributed by atoms with van der Waals surface area (Å²) in [5.74, 6) is 2.98. The lowest BCUT2D eigenvalue weighted by Gasteiger charge is -2.30. The highest BCUT2D eigenvalue weighted by molar-refractivity contribution is 5.51. The minimum Gasteiger partial charge on any atom is -0.493 e. The third-order valence-electron chi connectivity index (χ3n) is 3.99. The van der Waals surface area contributed by atoms with E-state index in [9.17, 15) is 0 Å². The Bertz CT molecular complexity index is 414. The predicted octanol–water partition coefficient (Wildman–Crippen LogP) is 3.20. The average Bonchev–Trinajstić information content (AvgIpc) is 2.51. The van der Waals surface area contributed by atoms with Gasteiger partial charge in [-0.1, -0.05) is 13.0 Å². The molecule has 2 rings (SSSR count). The van der Waals surface area contributed by atoms with E-state index in [2.05, 4.69) is 11.8 Å². The largest absolute Gasteiger partial charge is 0.493 e. The Balaban J connectivity index is 1.80. The first-order valence-corrected chi connectivity index (χ1v) is 7.80. The second-order valence-corrected chi connectivity index (χ2v) is 5.74. The molecule has 0 N–H and O–H groups in total. The summed E-state index contributed by atoms with van der Waals surface area (Å²) in [6.45, 7) is 6.56. The van der Waals surface area contributed by atoms with Crippen LogP contribution in [0.15, 0.2) is 18.2 Å². The fraction of sp³-hybridized carbons (Fsp3) is 0.647. The van der Waals surface area contributed by atoms with E-state index in [1.165, 1.54) is 25.9 Å². The number of benzene rings is 1. The summed E-state index contributed by atoms with van der Waals surface area (Å²) in [4.78, 5) is 2.54. The molecular formula is C17H27NO3. The van der Waals surface area contributed by atoms with Crippen LogP contribution in [0.3, 0.4) is 0 Å². The number of methoxy groups -OCH3 is 2. The van der Waals surface area contributed by atoms with Gasteiger partial charge in [0.25, 0.3) is 0 Å². The van der Waals surface area contributed by atoms with Crippen LogP contribution in [-0.2, 0) is 0 Å². The molecule has 21 heavy (non-hydrogen) atoms. The number of nitrogens with zero attached hydrogens (tertiary/aromatic N) is 1. The first-order valence-electron chi connectivity index (χ1n) is 7.80. The van der Waals surface area contributed by atoms with Gasteiger partial charge in [0.2, 0.25) is 5.75 Å². The summed E-state index contributed by atoms with van der Waals surface area (Å²) in [7, 11) is 3.30. The molecule has 1 heterocycles. The molecule has 1 aliphatic heterocycles. The Morgan fingerprint density at radius 3 is 2.52 bits per heavy atom. The van der Waals surface area contributed by atoms with Crippen molar-refractivity contribution in [2.75, 3.05) is 40.5 Å². The second kappa shape index (κ2) is 8.13. The molecule has 1 aromatic carbocycles. The van der Waals surface area contributed by atoms with E-state index < -0.39 is 0 Å². The molecule has 1 fully saturated rings. The van der Waals surface area contributed by atoms with E-state index in [4.69, 9.17) is 14.2 Å². The van der Waals surface area contributed by atoms with Gasteiger partial charge in [0, 0.05) is 13.1 Å². The zero-order chi connectivity index (χ0) is 15.1. The Labute approximate surface area is 128 Å². The zero-order valence-corrected chi connectivity index (χ0v) is 13.4. The molecule has 1 aliphatic rings. The van der Waals surface area contributed by atoms with Crippen molar-refractivity contribution >= 4 is 0 Å². The monoisotopic (exact) mass is 293 g/mol. The molecule has 4 heteroatoms. The maximum Gasteiger partial charge on any atom is 0.203 e. The maximum absolute atomic E-state index is 5.89. The molecular weight excluding hydrogens is 266 g/mol. The van der Waals surface area contributed by atoms with Crippen LogP contribution in [0, 0.1) is 5.92 Å². The number of rotatable bonds is 7. The van der Waals surface area contributed by atoms with Crippen LogP contribution in [0.5, 0.6) is 17.2 Å². The number of likely N-dealkylation sites (tertiary alicyclic amines) is 1. The van der Waals surface area contributed by atoms with Crippen molar-refractivity contribution in [1.82, 2.24) is 4.90 Å². The lowest BCUT2D eigenvalue weighted by atomic mass is 10.0. The van der Waals surface area contributed by atoms with Crippen LogP contribution >= 0.6 is 0 Å². The topological polar surface area (TPSA) is 30.9 Å². The van der Waals surface area contributed by atoms with E-state index >= 15 is 0 Å². The van der Waals surface area contributed by atoms with Gasteiger partial charge in [0.15, 0.2) is 11.5 Å². The van der Waals surface area contributed by atoms with E-state index in [1.54, 1.807) is 14.2 Å². The van der Waals surface area contributed by atoms with Gasteiger partial charge in [-0.2, -0.15) is 0 Å². The van der Waals surface area contributed by atoms with Crippen molar-refractivity contribution in [3.63, 3.8) is 0 Å². The molecule has 0 bridgehead atoms. The van der Waals surface area contributed by atoms with Gasteiger partial charge >= 0.3 is 0 Å². The number of hydrogen-bond donors (Lipinski definition) is 0. The molecule has 1 aromatic rings. The predicted molar refractivity (Wildman–Crippen MR) is 84.5 cm³/mol. The van der Waals surface area contributed by atoms with E-state index in [1.807, 2.05) is 18.2 Å². The van der Waals surface area contributed by atoms with Crippen LogP contribution in [0.2, 0.25) is 0 Å². The smallest absolute Gasteiger partial charge is 0.203 e. The van der Waals surface area contributed by atoms with E-state index in [-0.39, 0.29) is 0 Å². The molecule has 0 saturated carbocycles. The van der Waals surface area contributed by atoms with Crippen LogP contribution in [0.4, 0.5) is 0 Å². The summed E-state index contributed by atoms with van der Waals surface area (Å²) in [6, 6.07) is 5.69. The van der Waals surface area contributed by atoms with Crippen molar-refractivity contribution < 1.29 is 14.2 Å². The van der Waals surface area contributed by atoms with Crippen LogP contribution < -0.4 is 14.2 Å². The fourth-order valence-electron chi connectivity index (χ4n) is 2.91. The van der Waals surface area contributed by atoms with Crippen LogP contribution in [0.25, 0.3) is 0 Å². The van der Waals surface area contributed by atoms with Crippen molar-refractivity contribution in [3.05, 3.63) is 18.2 Å². The highest BCUT2D eigenvalue weighted by Crippen LogP contribution is 2.36. The lowest BCUT2D eigenvalue weighted by Crippen LogP contribution is -2.35. The van der Waals surface area contributed by atoms with Crippen LogP contribution in [0.1, 0.15) is 26.2 Å². The normalized spacial score (nSPS) is 19.3. The molecule has 0 spiro atoms. The van der Waals surface area contributed by atoms with Crippen molar-refractivity contribution in [3.8, 4) is 17.2 Å². The minimum atomic E-state index is 0.682. The first-order chi connectivity index (χ1) is 10.2. The van der Waals surface area contributed by atoms with Gasteiger partial charge in [-0.3, -0.25) is 0 Å². The third-order valence-corrected chi connectivity index (χ3v) is 3.99. The molecule has 0 aromatic heterocycles. The SMILES string of the molecule is COc1cccc(OC)c1OCCCN1CCCC(C)C1. The maximum atomic E-state index is 5.89. The Morgan fingerprint density at radius 1 is 1.19 bits per heavy atom. The summed E-state index contributed by atoms with van der Waals surface area (Å²) in [6.07, 6.45) is 3.71. The van der Waals surface area contributed by atoms with Crippen LogP contribution in [-0.4, -0.2) is 45.4 Å². The van der Waals surface area contributed by atoms with Gasteiger partial charge in [0.1, 0.15) is 0 Å². The van der Waals surface area contributed by atoms with Gasteiger partial charge in [-0.25, -0.2) is 0 Å². The Hall–Kier alpha value is -1.42. The number of para-hydroxylation sites is 1.